The summed E-state index contributed by atoms with van der Waals surface area (Å²) in [5.41, 5.74) is -0.860. The van der Waals surface area contributed by atoms with Crippen molar-refractivity contribution in [2.75, 3.05) is 18.5 Å². The third kappa shape index (κ3) is 3.88. The first-order valence-corrected chi connectivity index (χ1v) is 6.87. The summed E-state index contributed by atoms with van der Waals surface area (Å²) in [5, 5.41) is 11.9. The summed E-state index contributed by atoms with van der Waals surface area (Å²) in [6.07, 6.45) is -2.72. The van der Waals surface area contributed by atoms with E-state index in [4.69, 9.17) is 10.00 Å². The lowest BCUT2D eigenvalue weighted by molar-refractivity contribution is -0.137. The average molecular weight is 298 g/mol. The molecule has 1 aromatic carbocycles. The van der Waals surface area contributed by atoms with Crippen LogP contribution in [0.4, 0.5) is 18.9 Å². The maximum absolute atomic E-state index is 12.9. The Balaban J connectivity index is 2.15. The van der Waals surface area contributed by atoms with Gasteiger partial charge in [-0.1, -0.05) is 0 Å². The van der Waals surface area contributed by atoms with Gasteiger partial charge in [-0.15, -0.1) is 0 Å². The second-order valence-corrected chi connectivity index (χ2v) is 5.25. The van der Waals surface area contributed by atoms with Crippen molar-refractivity contribution < 1.29 is 17.9 Å². The molecule has 1 unspecified atom stereocenters. The Morgan fingerprint density at radius 1 is 1.33 bits per heavy atom. The summed E-state index contributed by atoms with van der Waals surface area (Å²) < 4.78 is 44.0. The molecule has 0 bridgehead atoms. The van der Waals surface area contributed by atoms with Gasteiger partial charge in [-0.05, 0) is 43.9 Å². The first-order valence-electron chi connectivity index (χ1n) is 6.87. The highest BCUT2D eigenvalue weighted by molar-refractivity contribution is 5.53. The minimum absolute atomic E-state index is 0.0583. The summed E-state index contributed by atoms with van der Waals surface area (Å²) in [7, 11) is 0. The van der Waals surface area contributed by atoms with Crippen molar-refractivity contribution in [2.24, 2.45) is 5.92 Å². The van der Waals surface area contributed by atoms with Crippen LogP contribution in [0.3, 0.4) is 0 Å². The first-order chi connectivity index (χ1) is 9.91. The number of nitriles is 1. The van der Waals surface area contributed by atoms with Gasteiger partial charge in [0.2, 0.25) is 0 Å². The third-order valence-corrected chi connectivity index (χ3v) is 3.81. The zero-order valence-corrected chi connectivity index (χ0v) is 11.7. The van der Waals surface area contributed by atoms with Gasteiger partial charge in [-0.3, -0.25) is 0 Å². The maximum Gasteiger partial charge on any atom is 0.417 e. The SMILES string of the molecule is CC(Nc1ccc(C#N)c(C(F)(F)F)c1)C1CCOCC1. The van der Waals surface area contributed by atoms with Gasteiger partial charge in [-0.25, -0.2) is 0 Å². The van der Waals surface area contributed by atoms with Gasteiger partial charge in [0.25, 0.3) is 0 Å². The van der Waals surface area contributed by atoms with Crippen LogP contribution in [0.25, 0.3) is 0 Å². The van der Waals surface area contributed by atoms with Gasteiger partial charge in [0.15, 0.2) is 0 Å². The molecule has 1 atom stereocenters. The molecule has 0 saturated carbocycles. The molecule has 0 aromatic heterocycles. The molecule has 1 aromatic rings. The number of rotatable bonds is 3. The fraction of sp³-hybridized carbons (Fsp3) is 0.533. The molecule has 1 fully saturated rings. The molecule has 0 spiro atoms. The highest BCUT2D eigenvalue weighted by atomic mass is 19.4. The van der Waals surface area contributed by atoms with Crippen molar-refractivity contribution in [3.63, 3.8) is 0 Å². The number of benzene rings is 1. The quantitative estimate of drug-likeness (QED) is 0.923. The maximum atomic E-state index is 12.9. The molecule has 2 rings (SSSR count). The topological polar surface area (TPSA) is 45.0 Å². The van der Waals surface area contributed by atoms with Gasteiger partial charge in [0.05, 0.1) is 17.2 Å². The highest BCUT2D eigenvalue weighted by Crippen LogP contribution is 2.34. The second-order valence-electron chi connectivity index (χ2n) is 5.25. The molecule has 114 valence electrons. The Bertz CT molecular complexity index is 531. The fourth-order valence-electron chi connectivity index (χ4n) is 2.56. The molecule has 1 N–H and O–H groups in total. The minimum atomic E-state index is -4.52. The summed E-state index contributed by atoms with van der Waals surface area (Å²) in [6.45, 7) is 3.34. The summed E-state index contributed by atoms with van der Waals surface area (Å²) in [4.78, 5) is 0. The zero-order chi connectivity index (χ0) is 15.5. The summed E-state index contributed by atoms with van der Waals surface area (Å²) >= 11 is 0. The van der Waals surface area contributed by atoms with Crippen LogP contribution >= 0.6 is 0 Å². The molecular weight excluding hydrogens is 281 g/mol. The number of alkyl halides is 3. The largest absolute Gasteiger partial charge is 0.417 e. The Kier molecular flexibility index (Phi) is 4.73. The molecule has 1 aliphatic heterocycles. The lowest BCUT2D eigenvalue weighted by Crippen LogP contribution is -2.31. The zero-order valence-electron chi connectivity index (χ0n) is 11.7. The van der Waals surface area contributed by atoms with Crippen molar-refractivity contribution in [1.82, 2.24) is 0 Å². The van der Waals surface area contributed by atoms with E-state index in [0.717, 1.165) is 18.9 Å². The predicted octanol–water partition coefficient (Wildman–Crippen LogP) is 3.80. The van der Waals surface area contributed by atoms with Crippen LogP contribution < -0.4 is 5.32 Å². The van der Waals surface area contributed by atoms with Crippen molar-refractivity contribution >= 4 is 5.69 Å². The standard InChI is InChI=1S/C15H17F3N2O/c1-10(11-4-6-21-7-5-11)20-13-3-2-12(9-19)14(8-13)15(16,17)18/h2-3,8,10-11,20H,4-7H2,1H3. The van der Waals surface area contributed by atoms with Gasteiger partial charge in [0.1, 0.15) is 0 Å². The van der Waals surface area contributed by atoms with Crippen LogP contribution in [-0.2, 0) is 10.9 Å². The lowest BCUT2D eigenvalue weighted by atomic mass is 9.92. The molecule has 21 heavy (non-hydrogen) atoms. The Labute approximate surface area is 121 Å². The van der Waals surface area contributed by atoms with E-state index in [2.05, 4.69) is 5.32 Å². The average Bonchev–Trinajstić information content (AvgIpc) is 2.47. The monoisotopic (exact) mass is 298 g/mol. The van der Waals surface area contributed by atoms with Gasteiger partial charge >= 0.3 is 6.18 Å². The molecular formula is C15H17F3N2O. The highest BCUT2D eigenvalue weighted by Gasteiger charge is 2.34. The van der Waals surface area contributed by atoms with Crippen molar-refractivity contribution in [1.29, 1.82) is 5.26 Å². The van der Waals surface area contributed by atoms with E-state index in [1.165, 1.54) is 12.1 Å². The number of halogens is 3. The smallest absolute Gasteiger partial charge is 0.382 e. The Hall–Kier alpha value is -1.74. The van der Waals surface area contributed by atoms with Crippen LogP contribution in [0.1, 0.15) is 30.9 Å². The molecule has 1 heterocycles. The van der Waals surface area contributed by atoms with E-state index in [1.54, 1.807) is 6.07 Å². The second kappa shape index (κ2) is 6.35. The van der Waals surface area contributed by atoms with Crippen LogP contribution in [-0.4, -0.2) is 19.3 Å². The minimum Gasteiger partial charge on any atom is -0.382 e. The fourth-order valence-corrected chi connectivity index (χ4v) is 2.56. The molecule has 1 saturated heterocycles. The molecule has 0 radical (unpaired) electrons. The Morgan fingerprint density at radius 3 is 2.57 bits per heavy atom. The number of nitrogens with one attached hydrogen (secondary N) is 1. The molecule has 3 nitrogen and oxygen atoms in total. The summed E-state index contributed by atoms with van der Waals surface area (Å²) in [6, 6.07) is 5.38. The van der Waals surface area contributed by atoms with Crippen LogP contribution in [0.2, 0.25) is 0 Å². The summed E-state index contributed by atoms with van der Waals surface area (Å²) in [5.74, 6) is 0.378. The number of ether oxygens (including phenoxy) is 1. The van der Waals surface area contributed by atoms with E-state index in [-0.39, 0.29) is 11.6 Å². The number of anilines is 1. The Morgan fingerprint density at radius 2 is 2.00 bits per heavy atom. The van der Waals surface area contributed by atoms with Gasteiger partial charge in [0, 0.05) is 24.9 Å². The van der Waals surface area contributed by atoms with Crippen LogP contribution in [0.5, 0.6) is 0 Å². The normalized spacial score (nSPS) is 18.0. The van der Waals surface area contributed by atoms with E-state index in [1.807, 2.05) is 6.92 Å². The number of hydrogen-bond acceptors (Lipinski definition) is 3. The van der Waals surface area contributed by atoms with Crippen LogP contribution in [0, 0.1) is 17.2 Å². The van der Waals surface area contributed by atoms with Crippen molar-refractivity contribution in [3.8, 4) is 6.07 Å². The number of nitrogens with zero attached hydrogens (tertiary/aromatic N) is 1. The number of hydrogen-bond donors (Lipinski definition) is 1. The van der Waals surface area contributed by atoms with E-state index >= 15 is 0 Å². The molecule has 0 aliphatic carbocycles. The first kappa shape index (κ1) is 15.6. The molecule has 0 amide bonds. The van der Waals surface area contributed by atoms with E-state index in [0.29, 0.717) is 24.8 Å². The van der Waals surface area contributed by atoms with Gasteiger partial charge < -0.3 is 10.1 Å². The van der Waals surface area contributed by atoms with Crippen molar-refractivity contribution in [3.05, 3.63) is 29.3 Å². The van der Waals surface area contributed by atoms with Crippen molar-refractivity contribution in [2.45, 2.75) is 32.0 Å². The molecule has 6 heteroatoms. The van der Waals surface area contributed by atoms with Crippen LogP contribution in [0.15, 0.2) is 18.2 Å². The lowest BCUT2D eigenvalue weighted by Gasteiger charge is -2.29. The van der Waals surface area contributed by atoms with E-state index < -0.39 is 11.7 Å². The predicted molar refractivity (Wildman–Crippen MR) is 72.8 cm³/mol. The van der Waals surface area contributed by atoms with Gasteiger partial charge in [-0.2, -0.15) is 18.4 Å². The van der Waals surface area contributed by atoms with E-state index in [9.17, 15) is 13.2 Å². The molecule has 1 aliphatic rings. The third-order valence-electron chi connectivity index (χ3n) is 3.81.